The minimum atomic E-state index is -1.04. The van der Waals surface area contributed by atoms with Crippen LogP contribution >= 0.6 is 0 Å². The minimum absolute atomic E-state index is 0.134. The summed E-state index contributed by atoms with van der Waals surface area (Å²) < 4.78 is 7.55. The number of aromatic carboxylic acids is 1. The van der Waals surface area contributed by atoms with Crippen molar-refractivity contribution in [2.75, 3.05) is 0 Å². The van der Waals surface area contributed by atoms with Crippen molar-refractivity contribution in [1.29, 1.82) is 0 Å². The molecule has 6 heteroatoms. The van der Waals surface area contributed by atoms with E-state index in [1.165, 1.54) is 6.07 Å². The minimum Gasteiger partial charge on any atom is -0.478 e. The van der Waals surface area contributed by atoms with E-state index in [1.807, 2.05) is 79.7 Å². The Labute approximate surface area is 209 Å². The van der Waals surface area contributed by atoms with Crippen LogP contribution in [0.5, 0.6) is 5.75 Å². The van der Waals surface area contributed by atoms with Gasteiger partial charge in [0.1, 0.15) is 17.2 Å². The van der Waals surface area contributed by atoms with Gasteiger partial charge in [0.05, 0.1) is 23.2 Å². The molecule has 2 aromatic heterocycles. The number of fused-ring (bicyclic) bond motifs is 1. The van der Waals surface area contributed by atoms with Crippen molar-refractivity contribution in [3.8, 4) is 17.6 Å². The lowest BCUT2D eigenvalue weighted by Gasteiger charge is -2.08. The summed E-state index contributed by atoms with van der Waals surface area (Å²) in [6, 6.07) is 18.6. The summed E-state index contributed by atoms with van der Waals surface area (Å²) in [7, 11) is 0. The molecule has 0 aliphatic heterocycles. The Bertz CT molecular complexity index is 1530. The van der Waals surface area contributed by atoms with Crippen molar-refractivity contribution in [1.82, 2.24) is 14.8 Å². The molecule has 0 saturated carbocycles. The Morgan fingerprint density at radius 3 is 2.56 bits per heavy atom. The summed E-state index contributed by atoms with van der Waals surface area (Å²) in [5.74, 6) is 6.32. The van der Waals surface area contributed by atoms with Crippen molar-refractivity contribution in [2.45, 2.75) is 20.4 Å². The third-order valence-corrected chi connectivity index (χ3v) is 5.36. The van der Waals surface area contributed by atoms with E-state index in [2.05, 4.69) is 28.5 Å². The van der Waals surface area contributed by atoms with Crippen LogP contribution in [0, 0.1) is 18.8 Å². The molecule has 178 valence electrons. The number of benzene rings is 2. The maximum absolute atomic E-state index is 12.0. The summed E-state index contributed by atoms with van der Waals surface area (Å²) in [5, 5.41) is 14.9. The largest absolute Gasteiger partial charge is 0.478 e. The number of allylic oxidation sites excluding steroid dienone is 4. The van der Waals surface area contributed by atoms with Crippen LogP contribution < -0.4 is 4.74 Å². The Balaban J connectivity index is 1.67. The molecule has 4 rings (SSSR count). The summed E-state index contributed by atoms with van der Waals surface area (Å²) in [6.45, 7) is 7.90. The predicted octanol–water partition coefficient (Wildman–Crippen LogP) is 5.91. The van der Waals surface area contributed by atoms with Crippen LogP contribution in [-0.2, 0) is 6.54 Å². The van der Waals surface area contributed by atoms with E-state index in [0.29, 0.717) is 40.5 Å². The number of aryl methyl sites for hydroxylation is 1. The van der Waals surface area contributed by atoms with E-state index in [-0.39, 0.29) is 5.56 Å². The zero-order valence-electron chi connectivity index (χ0n) is 20.1. The number of ether oxygens (including phenoxy) is 1. The molecule has 0 bridgehead atoms. The first kappa shape index (κ1) is 24.2. The second-order valence-electron chi connectivity index (χ2n) is 7.96. The van der Waals surface area contributed by atoms with E-state index in [1.54, 1.807) is 17.7 Å². The molecule has 6 nitrogen and oxygen atoms in total. The monoisotopic (exact) mass is 475 g/mol. The normalized spacial score (nSPS) is 11.3. The van der Waals surface area contributed by atoms with Gasteiger partial charge in [0.25, 0.3) is 0 Å². The van der Waals surface area contributed by atoms with Crippen molar-refractivity contribution >= 4 is 17.0 Å². The fraction of sp³-hybridized carbons (Fsp3) is 0.100. The molecule has 0 atom stereocenters. The lowest BCUT2D eigenvalue weighted by Crippen LogP contribution is -2.05. The fourth-order valence-corrected chi connectivity index (χ4v) is 3.66. The Morgan fingerprint density at radius 2 is 1.89 bits per heavy atom. The van der Waals surface area contributed by atoms with Crippen molar-refractivity contribution < 1.29 is 14.6 Å². The average Bonchev–Trinajstić information content (AvgIpc) is 3.21. The van der Waals surface area contributed by atoms with Gasteiger partial charge in [0.15, 0.2) is 5.65 Å². The van der Waals surface area contributed by atoms with Gasteiger partial charge in [-0.2, -0.15) is 5.10 Å². The van der Waals surface area contributed by atoms with E-state index in [9.17, 15) is 9.90 Å². The summed E-state index contributed by atoms with van der Waals surface area (Å²) in [6.07, 6.45) is 7.28. The average molecular weight is 476 g/mol. The molecule has 0 aliphatic rings. The molecule has 2 heterocycles. The van der Waals surface area contributed by atoms with E-state index in [0.717, 1.165) is 11.1 Å². The number of nitrogens with zero attached hydrogens (tertiary/aromatic N) is 3. The molecular formula is C30H25N3O3. The van der Waals surface area contributed by atoms with Gasteiger partial charge >= 0.3 is 5.97 Å². The highest BCUT2D eigenvalue weighted by Gasteiger charge is 2.19. The summed E-state index contributed by atoms with van der Waals surface area (Å²) in [5.41, 5.74) is 3.37. The van der Waals surface area contributed by atoms with Gasteiger partial charge in [-0.15, -0.1) is 0 Å². The zero-order chi connectivity index (χ0) is 25.5. The van der Waals surface area contributed by atoms with Crippen LogP contribution in [0.4, 0.5) is 0 Å². The number of hydrogen-bond acceptors (Lipinski definition) is 4. The van der Waals surface area contributed by atoms with Crippen LogP contribution in [0.1, 0.15) is 39.8 Å². The molecule has 0 saturated heterocycles. The first-order valence-electron chi connectivity index (χ1n) is 11.4. The van der Waals surface area contributed by atoms with Crippen molar-refractivity contribution in [3.05, 3.63) is 125 Å². The van der Waals surface area contributed by atoms with Crippen LogP contribution in [0.2, 0.25) is 0 Å². The van der Waals surface area contributed by atoms with Gasteiger partial charge in [-0.25, -0.2) is 14.5 Å². The molecule has 0 unspecified atom stereocenters. The topological polar surface area (TPSA) is 77.2 Å². The highest BCUT2D eigenvalue weighted by molar-refractivity contribution is 6.03. The maximum Gasteiger partial charge on any atom is 0.336 e. The number of hydrogen-bond donors (Lipinski definition) is 1. The summed E-state index contributed by atoms with van der Waals surface area (Å²) >= 11 is 0. The van der Waals surface area contributed by atoms with Crippen LogP contribution in [0.25, 0.3) is 11.0 Å². The number of carboxylic acids is 1. The lowest BCUT2D eigenvalue weighted by atomic mass is 10.1. The van der Waals surface area contributed by atoms with Gasteiger partial charge in [0.2, 0.25) is 0 Å². The third-order valence-electron chi connectivity index (χ3n) is 5.36. The quantitative estimate of drug-likeness (QED) is 0.204. The summed E-state index contributed by atoms with van der Waals surface area (Å²) in [4.78, 5) is 16.7. The van der Waals surface area contributed by atoms with Gasteiger partial charge in [-0.05, 0) is 67.8 Å². The van der Waals surface area contributed by atoms with Gasteiger partial charge in [-0.3, -0.25) is 0 Å². The molecule has 0 radical (unpaired) electrons. The highest BCUT2D eigenvalue weighted by atomic mass is 16.5. The maximum atomic E-state index is 12.0. The molecule has 2 aromatic carbocycles. The lowest BCUT2D eigenvalue weighted by molar-refractivity contribution is 0.0699. The standard InChI is InChI=1S/C30H25N3O3/c1-4-6-12-25(5-2)36-26-17-14-23(15-18-26)20-33-29-28(21(3)32-33)27(30(34)35)19-24(31-29)16-13-22-10-8-7-9-11-22/h4-12,14-15,17-19H,2,20H2,1,3H3,(H,34,35)/b6-4-,25-12+. The first-order chi connectivity index (χ1) is 17.5. The van der Waals surface area contributed by atoms with Gasteiger partial charge < -0.3 is 9.84 Å². The molecule has 0 fully saturated rings. The molecule has 1 N–H and O–H groups in total. The van der Waals surface area contributed by atoms with Crippen molar-refractivity contribution in [3.63, 3.8) is 0 Å². The molecular weight excluding hydrogens is 450 g/mol. The fourth-order valence-electron chi connectivity index (χ4n) is 3.66. The number of carboxylic acid groups (broad SMARTS) is 1. The number of rotatable bonds is 7. The molecule has 36 heavy (non-hydrogen) atoms. The molecule has 4 aromatic rings. The van der Waals surface area contributed by atoms with E-state index >= 15 is 0 Å². The predicted molar refractivity (Wildman–Crippen MR) is 141 cm³/mol. The smallest absolute Gasteiger partial charge is 0.336 e. The number of pyridine rings is 1. The molecule has 0 aliphatic carbocycles. The number of carbonyl (C=O) groups is 1. The highest BCUT2D eigenvalue weighted by Crippen LogP contribution is 2.24. The van der Waals surface area contributed by atoms with E-state index in [4.69, 9.17) is 4.74 Å². The Kier molecular flexibility index (Phi) is 7.42. The Morgan fingerprint density at radius 1 is 1.14 bits per heavy atom. The van der Waals surface area contributed by atoms with Gasteiger partial charge in [0, 0.05) is 5.56 Å². The third kappa shape index (κ3) is 5.60. The Hall–Kier alpha value is -4.89. The van der Waals surface area contributed by atoms with Crippen LogP contribution in [0.3, 0.4) is 0 Å². The molecule has 0 amide bonds. The SMILES string of the molecule is C=C/C(=C\C=C/C)Oc1ccc(Cn2nc(C)c3c(C(=O)O)cc(C#Cc4ccccc4)nc32)cc1. The van der Waals surface area contributed by atoms with Gasteiger partial charge in [-0.1, -0.05) is 55.0 Å². The van der Waals surface area contributed by atoms with E-state index < -0.39 is 5.97 Å². The zero-order valence-corrected chi connectivity index (χ0v) is 20.1. The second kappa shape index (κ2) is 11.0. The van der Waals surface area contributed by atoms with Crippen molar-refractivity contribution in [2.24, 2.45) is 0 Å². The van der Waals surface area contributed by atoms with Crippen LogP contribution in [-0.4, -0.2) is 25.8 Å². The molecule has 0 spiro atoms. The second-order valence-corrected chi connectivity index (χ2v) is 7.96. The van der Waals surface area contributed by atoms with Crippen LogP contribution in [0.15, 0.2) is 97.3 Å². The number of aromatic nitrogens is 3. The first-order valence-corrected chi connectivity index (χ1v) is 11.4.